The normalized spacial score (nSPS) is 17.7. The summed E-state index contributed by atoms with van der Waals surface area (Å²) in [5.74, 6) is -1.21. The predicted molar refractivity (Wildman–Crippen MR) is 61.0 cm³/mol. The molecule has 0 bridgehead atoms. The molecule has 0 radical (unpaired) electrons. The Bertz CT molecular complexity index is 380. The summed E-state index contributed by atoms with van der Waals surface area (Å²) in [5, 5.41) is 8.80. The van der Waals surface area contributed by atoms with Crippen molar-refractivity contribution in [2.24, 2.45) is 0 Å². The molecule has 1 aliphatic heterocycles. The molecule has 1 rings (SSSR count). The first-order chi connectivity index (χ1) is 7.43. The highest BCUT2D eigenvalue weighted by Crippen LogP contribution is 2.14. The fraction of sp³-hybridized carbons (Fsp3) is 0.500. The van der Waals surface area contributed by atoms with Crippen molar-refractivity contribution in [2.75, 3.05) is 13.1 Å². The summed E-state index contributed by atoms with van der Waals surface area (Å²) in [5.41, 5.74) is 1.72. The molecule has 1 aliphatic rings. The van der Waals surface area contributed by atoms with Crippen LogP contribution in [0.4, 0.5) is 0 Å². The first-order valence-corrected chi connectivity index (χ1v) is 5.29. The minimum Gasteiger partial charge on any atom is -0.478 e. The van der Waals surface area contributed by atoms with E-state index in [1.54, 1.807) is 11.8 Å². The zero-order valence-corrected chi connectivity index (χ0v) is 9.91. The molecule has 0 aromatic carbocycles. The molecule has 0 aromatic heterocycles. The highest BCUT2D eigenvalue weighted by Gasteiger charge is 2.20. The Morgan fingerprint density at radius 3 is 2.38 bits per heavy atom. The van der Waals surface area contributed by atoms with Crippen LogP contribution in [0.2, 0.25) is 0 Å². The third-order valence-corrected chi connectivity index (χ3v) is 2.93. The minimum absolute atomic E-state index is 0.122. The van der Waals surface area contributed by atoms with E-state index in [1.165, 1.54) is 12.5 Å². The van der Waals surface area contributed by atoms with Gasteiger partial charge >= 0.3 is 5.97 Å². The fourth-order valence-corrected chi connectivity index (χ4v) is 1.51. The van der Waals surface area contributed by atoms with Crippen LogP contribution in [0.15, 0.2) is 22.8 Å². The van der Waals surface area contributed by atoms with Gasteiger partial charge in [0.15, 0.2) is 0 Å². The molecule has 0 aliphatic carbocycles. The molecule has 0 fully saturated rings. The number of hydrogen-bond acceptors (Lipinski definition) is 2. The number of carboxylic acids is 1. The van der Waals surface area contributed by atoms with Crippen molar-refractivity contribution in [3.63, 3.8) is 0 Å². The molecule has 1 amide bonds. The van der Waals surface area contributed by atoms with Crippen LogP contribution in [0, 0.1) is 0 Å². The summed E-state index contributed by atoms with van der Waals surface area (Å²) in [6.45, 7) is 6.31. The van der Waals surface area contributed by atoms with E-state index in [0.717, 1.165) is 6.42 Å². The number of rotatable bonds is 2. The van der Waals surface area contributed by atoms with E-state index in [4.69, 9.17) is 5.11 Å². The van der Waals surface area contributed by atoms with E-state index < -0.39 is 5.97 Å². The molecule has 0 saturated heterocycles. The number of hydrogen-bond donors (Lipinski definition) is 1. The molecule has 4 heteroatoms. The Morgan fingerprint density at radius 2 is 1.94 bits per heavy atom. The van der Waals surface area contributed by atoms with E-state index in [1.807, 2.05) is 13.0 Å². The summed E-state index contributed by atoms with van der Waals surface area (Å²) < 4.78 is 0. The molecule has 0 unspecified atom stereocenters. The van der Waals surface area contributed by atoms with Crippen molar-refractivity contribution in [3.8, 4) is 0 Å². The number of aliphatic carboxylic acids is 1. The van der Waals surface area contributed by atoms with E-state index in [2.05, 4.69) is 0 Å². The standard InChI is InChI=1S/C12H17NO3/c1-8-4-6-13(7-5-8)11(14)9(2)10(3)12(15)16/h4H,5-7H2,1-3H3,(H,15,16). The van der Waals surface area contributed by atoms with Crippen LogP contribution in [-0.4, -0.2) is 35.0 Å². The van der Waals surface area contributed by atoms with Gasteiger partial charge in [0.25, 0.3) is 0 Å². The molecule has 1 N–H and O–H groups in total. The van der Waals surface area contributed by atoms with Crippen molar-refractivity contribution >= 4 is 11.9 Å². The molecule has 0 aromatic rings. The Balaban J connectivity index is 2.80. The van der Waals surface area contributed by atoms with Crippen LogP contribution >= 0.6 is 0 Å². The number of nitrogens with zero attached hydrogens (tertiary/aromatic N) is 1. The topological polar surface area (TPSA) is 57.6 Å². The van der Waals surface area contributed by atoms with Crippen LogP contribution in [0.5, 0.6) is 0 Å². The molecular formula is C12H17NO3. The second-order valence-electron chi connectivity index (χ2n) is 4.11. The van der Waals surface area contributed by atoms with Gasteiger partial charge in [0.1, 0.15) is 0 Å². The summed E-state index contributed by atoms with van der Waals surface area (Å²) >= 11 is 0. The van der Waals surface area contributed by atoms with E-state index in [0.29, 0.717) is 18.7 Å². The number of carbonyl (C=O) groups is 2. The van der Waals surface area contributed by atoms with E-state index in [-0.39, 0.29) is 11.5 Å². The van der Waals surface area contributed by atoms with Crippen LogP contribution in [0.3, 0.4) is 0 Å². The van der Waals surface area contributed by atoms with Gasteiger partial charge in [0.05, 0.1) is 0 Å². The number of carbonyl (C=O) groups excluding carboxylic acids is 1. The van der Waals surface area contributed by atoms with Crippen LogP contribution in [0.1, 0.15) is 27.2 Å². The van der Waals surface area contributed by atoms with Gasteiger partial charge in [-0.3, -0.25) is 4.79 Å². The Hall–Kier alpha value is -1.58. The van der Waals surface area contributed by atoms with Crippen molar-refractivity contribution < 1.29 is 14.7 Å². The predicted octanol–water partition coefficient (Wildman–Crippen LogP) is 1.59. The lowest BCUT2D eigenvalue weighted by molar-refractivity contribution is -0.133. The maximum absolute atomic E-state index is 11.9. The fourth-order valence-electron chi connectivity index (χ4n) is 1.51. The second kappa shape index (κ2) is 4.96. The molecule has 1 heterocycles. The highest BCUT2D eigenvalue weighted by atomic mass is 16.4. The summed E-state index contributed by atoms with van der Waals surface area (Å²) in [7, 11) is 0. The van der Waals surface area contributed by atoms with Gasteiger partial charge in [-0.1, -0.05) is 11.6 Å². The first-order valence-electron chi connectivity index (χ1n) is 5.29. The van der Waals surface area contributed by atoms with Gasteiger partial charge in [-0.15, -0.1) is 0 Å². The third-order valence-electron chi connectivity index (χ3n) is 2.93. The molecule has 0 saturated carbocycles. The summed E-state index contributed by atoms with van der Waals surface area (Å²) in [6.07, 6.45) is 2.87. The second-order valence-corrected chi connectivity index (χ2v) is 4.11. The molecule has 4 nitrogen and oxygen atoms in total. The maximum Gasteiger partial charge on any atom is 0.331 e. The molecule has 88 valence electrons. The Kier molecular flexibility index (Phi) is 3.88. The van der Waals surface area contributed by atoms with Gasteiger partial charge in [-0.05, 0) is 27.2 Å². The zero-order valence-electron chi connectivity index (χ0n) is 9.91. The van der Waals surface area contributed by atoms with Gasteiger partial charge in [-0.25, -0.2) is 4.79 Å². The average molecular weight is 223 g/mol. The third kappa shape index (κ3) is 2.72. The van der Waals surface area contributed by atoms with Crippen molar-refractivity contribution in [1.82, 2.24) is 4.90 Å². The lowest BCUT2D eigenvalue weighted by Crippen LogP contribution is -2.35. The maximum atomic E-state index is 11.9. The summed E-state index contributed by atoms with van der Waals surface area (Å²) in [4.78, 5) is 24.3. The van der Waals surface area contributed by atoms with Crippen LogP contribution in [0.25, 0.3) is 0 Å². The van der Waals surface area contributed by atoms with Crippen molar-refractivity contribution in [1.29, 1.82) is 0 Å². The number of amides is 1. The number of carboxylic acid groups (broad SMARTS) is 1. The minimum atomic E-state index is -1.03. The zero-order chi connectivity index (χ0) is 12.3. The van der Waals surface area contributed by atoms with Gasteiger partial charge in [-0.2, -0.15) is 0 Å². The SMILES string of the molecule is CC1=CCN(C(=O)C(C)=C(C)C(=O)O)CC1. The monoisotopic (exact) mass is 223 g/mol. The lowest BCUT2D eigenvalue weighted by atomic mass is 10.1. The molecule has 0 atom stereocenters. The molecular weight excluding hydrogens is 206 g/mol. The molecule has 0 spiro atoms. The largest absolute Gasteiger partial charge is 0.478 e. The van der Waals surface area contributed by atoms with Crippen molar-refractivity contribution in [3.05, 3.63) is 22.8 Å². The van der Waals surface area contributed by atoms with Gasteiger partial charge in [0, 0.05) is 24.2 Å². The van der Waals surface area contributed by atoms with E-state index in [9.17, 15) is 9.59 Å². The summed E-state index contributed by atoms with van der Waals surface area (Å²) in [6, 6.07) is 0. The van der Waals surface area contributed by atoms with Crippen molar-refractivity contribution in [2.45, 2.75) is 27.2 Å². The average Bonchev–Trinajstić information content (AvgIpc) is 2.27. The lowest BCUT2D eigenvalue weighted by Gasteiger charge is -2.26. The molecule has 16 heavy (non-hydrogen) atoms. The van der Waals surface area contributed by atoms with Gasteiger partial charge < -0.3 is 10.0 Å². The highest BCUT2D eigenvalue weighted by molar-refractivity contribution is 6.01. The quantitative estimate of drug-likeness (QED) is 0.571. The first kappa shape index (κ1) is 12.5. The Labute approximate surface area is 95.2 Å². The van der Waals surface area contributed by atoms with E-state index >= 15 is 0 Å². The van der Waals surface area contributed by atoms with Crippen LogP contribution in [-0.2, 0) is 9.59 Å². The smallest absolute Gasteiger partial charge is 0.331 e. The van der Waals surface area contributed by atoms with Crippen LogP contribution < -0.4 is 0 Å². The van der Waals surface area contributed by atoms with Gasteiger partial charge in [0.2, 0.25) is 5.91 Å². The Morgan fingerprint density at radius 1 is 1.31 bits per heavy atom.